The summed E-state index contributed by atoms with van der Waals surface area (Å²) in [6.45, 7) is 1.50. The van der Waals surface area contributed by atoms with Gasteiger partial charge in [0, 0.05) is 28.9 Å². The molecule has 0 bridgehead atoms. The van der Waals surface area contributed by atoms with Crippen molar-refractivity contribution >= 4 is 29.2 Å². The number of carbonyl (C=O) groups is 3. The molecule has 2 aromatic carbocycles. The molecule has 0 atom stereocenters. The van der Waals surface area contributed by atoms with E-state index in [4.69, 9.17) is 5.11 Å². The Balaban J connectivity index is 1.52. The van der Waals surface area contributed by atoms with Gasteiger partial charge in [-0.1, -0.05) is 31.2 Å². The van der Waals surface area contributed by atoms with Crippen LogP contribution >= 0.6 is 0 Å². The second kappa shape index (κ2) is 10.4. The van der Waals surface area contributed by atoms with Crippen molar-refractivity contribution in [3.05, 3.63) is 77.1 Å². The molecule has 1 saturated carbocycles. The largest absolute Gasteiger partial charge is 0.465 e. The van der Waals surface area contributed by atoms with Gasteiger partial charge in [0.15, 0.2) is 5.78 Å². The number of carbonyl (C=O) groups excluding carboxylic acids is 2. The topological polar surface area (TPSA) is 108 Å². The molecule has 0 saturated heterocycles. The number of amides is 2. The Morgan fingerprint density at radius 2 is 1.73 bits per heavy atom. The first-order chi connectivity index (χ1) is 17.5. The van der Waals surface area contributed by atoms with E-state index < -0.39 is 35.9 Å². The summed E-state index contributed by atoms with van der Waals surface area (Å²) < 4.78 is 40.5. The molecule has 3 aromatic rings. The van der Waals surface area contributed by atoms with Crippen molar-refractivity contribution in [2.24, 2.45) is 0 Å². The molecule has 37 heavy (non-hydrogen) atoms. The van der Waals surface area contributed by atoms with Crippen LogP contribution in [0.25, 0.3) is 11.1 Å². The number of pyridine rings is 1. The van der Waals surface area contributed by atoms with E-state index in [-0.39, 0.29) is 28.9 Å². The molecule has 1 fully saturated rings. The van der Waals surface area contributed by atoms with Crippen molar-refractivity contribution in [3.63, 3.8) is 0 Å². The number of rotatable bonds is 8. The summed E-state index contributed by atoms with van der Waals surface area (Å²) in [5, 5.41) is 13.3. The van der Waals surface area contributed by atoms with E-state index in [0.29, 0.717) is 12.0 Å². The first-order valence-corrected chi connectivity index (χ1v) is 11.7. The number of anilines is 2. The molecule has 1 heterocycles. The minimum Gasteiger partial charge on any atom is -0.465 e. The zero-order valence-electron chi connectivity index (χ0n) is 19.9. The number of nitrogens with one attached hydrogen (secondary N) is 2. The average molecular weight is 512 g/mol. The number of halogens is 3. The second-order valence-corrected chi connectivity index (χ2v) is 8.81. The highest BCUT2D eigenvalue weighted by Gasteiger charge is 2.34. The molecule has 3 N–H and O–H groups in total. The molecule has 1 aliphatic carbocycles. The number of alkyl halides is 3. The predicted molar refractivity (Wildman–Crippen MR) is 132 cm³/mol. The second-order valence-electron chi connectivity index (χ2n) is 8.81. The van der Waals surface area contributed by atoms with Gasteiger partial charge in [0.1, 0.15) is 0 Å². The normalized spacial score (nSPS) is 13.2. The van der Waals surface area contributed by atoms with Crippen LogP contribution in [0.1, 0.15) is 59.3 Å². The lowest BCUT2D eigenvalue weighted by atomic mass is 10.0. The van der Waals surface area contributed by atoms with Crippen LogP contribution < -0.4 is 10.6 Å². The van der Waals surface area contributed by atoms with Crippen LogP contribution in [0.3, 0.4) is 0 Å². The predicted octanol–water partition coefficient (Wildman–Crippen LogP) is 6.51. The standard InChI is InChI=1S/C27H24F3N3O4/c1-2-15-11-22(33-26(36)37)23(12-20(15)27(28,29)30)32-25(35)13-24(34)18-5-3-4-17(10-18)19-8-9-21(31-14-19)16-6-7-16/h3-5,8-12,14,16,33H,2,6-7,13H2,1H3,(H,32,35)(H,36,37). The van der Waals surface area contributed by atoms with Crippen LogP contribution in [-0.2, 0) is 17.4 Å². The van der Waals surface area contributed by atoms with Crippen LogP contribution in [0.15, 0.2) is 54.7 Å². The summed E-state index contributed by atoms with van der Waals surface area (Å²) in [6, 6.07) is 12.2. The lowest BCUT2D eigenvalue weighted by Gasteiger charge is -2.18. The number of aryl methyl sites for hydroxylation is 1. The monoisotopic (exact) mass is 511 g/mol. The first-order valence-electron chi connectivity index (χ1n) is 11.7. The maximum Gasteiger partial charge on any atom is 0.416 e. The molecule has 1 aromatic heterocycles. The Labute approximate surface area is 210 Å². The molecular formula is C27H24F3N3O4. The lowest BCUT2D eigenvalue weighted by Crippen LogP contribution is -2.20. The number of aromatic nitrogens is 1. The van der Waals surface area contributed by atoms with Gasteiger partial charge in [-0.15, -0.1) is 0 Å². The van der Waals surface area contributed by atoms with Crippen LogP contribution in [0.4, 0.5) is 29.3 Å². The van der Waals surface area contributed by atoms with E-state index in [1.54, 1.807) is 24.4 Å². The molecule has 1 aliphatic rings. The third kappa shape index (κ3) is 6.32. The van der Waals surface area contributed by atoms with Crippen LogP contribution in [0.5, 0.6) is 0 Å². The maximum absolute atomic E-state index is 13.5. The van der Waals surface area contributed by atoms with Crippen molar-refractivity contribution in [2.75, 3.05) is 10.6 Å². The van der Waals surface area contributed by atoms with Gasteiger partial charge in [0.25, 0.3) is 0 Å². The fourth-order valence-corrected chi connectivity index (χ4v) is 4.03. The van der Waals surface area contributed by atoms with Gasteiger partial charge in [-0.25, -0.2) is 4.79 Å². The number of hydrogen-bond acceptors (Lipinski definition) is 4. The fraction of sp³-hybridized carbons (Fsp3) is 0.259. The zero-order valence-corrected chi connectivity index (χ0v) is 19.9. The summed E-state index contributed by atoms with van der Waals surface area (Å²) in [5.74, 6) is -0.912. The van der Waals surface area contributed by atoms with Crippen molar-refractivity contribution in [2.45, 2.75) is 44.7 Å². The van der Waals surface area contributed by atoms with E-state index in [1.165, 1.54) is 6.92 Å². The van der Waals surface area contributed by atoms with Gasteiger partial charge >= 0.3 is 12.3 Å². The summed E-state index contributed by atoms with van der Waals surface area (Å²) in [6.07, 6.45) is -2.88. The number of Topliss-reactive ketones (excluding diaryl/α,β-unsaturated/α-hetero) is 1. The van der Waals surface area contributed by atoms with Gasteiger partial charge < -0.3 is 10.4 Å². The van der Waals surface area contributed by atoms with E-state index in [9.17, 15) is 27.6 Å². The molecule has 4 rings (SSSR count). The summed E-state index contributed by atoms with van der Waals surface area (Å²) in [7, 11) is 0. The molecule has 10 heteroatoms. The molecule has 0 radical (unpaired) electrons. The first kappa shape index (κ1) is 25.9. The lowest BCUT2D eigenvalue weighted by molar-refractivity contribution is -0.138. The number of hydrogen-bond donors (Lipinski definition) is 3. The van der Waals surface area contributed by atoms with E-state index in [2.05, 4.69) is 10.3 Å². The van der Waals surface area contributed by atoms with Gasteiger partial charge in [0.2, 0.25) is 5.91 Å². The Kier molecular flexibility index (Phi) is 7.28. The number of benzene rings is 2. The van der Waals surface area contributed by atoms with E-state index in [1.807, 2.05) is 23.5 Å². The summed E-state index contributed by atoms with van der Waals surface area (Å²) >= 11 is 0. The number of carboxylic acid groups (broad SMARTS) is 1. The molecule has 0 spiro atoms. The van der Waals surface area contributed by atoms with Gasteiger partial charge in [-0.3, -0.25) is 19.9 Å². The highest BCUT2D eigenvalue weighted by atomic mass is 19.4. The van der Waals surface area contributed by atoms with Crippen LogP contribution in [0, 0.1) is 0 Å². The minimum absolute atomic E-state index is 0.00891. The van der Waals surface area contributed by atoms with Crippen molar-refractivity contribution in [1.82, 2.24) is 4.98 Å². The van der Waals surface area contributed by atoms with Gasteiger partial charge in [0.05, 0.1) is 23.4 Å². The Morgan fingerprint density at radius 1 is 1.00 bits per heavy atom. The number of ketones is 1. The Bertz CT molecular complexity index is 1350. The van der Waals surface area contributed by atoms with E-state index >= 15 is 0 Å². The zero-order chi connectivity index (χ0) is 26.7. The van der Waals surface area contributed by atoms with Crippen LogP contribution in [-0.4, -0.2) is 27.9 Å². The van der Waals surface area contributed by atoms with Crippen molar-refractivity contribution < 1.29 is 32.7 Å². The minimum atomic E-state index is -4.71. The molecule has 0 unspecified atom stereocenters. The van der Waals surface area contributed by atoms with Gasteiger partial charge in [-0.05, 0) is 54.7 Å². The average Bonchev–Trinajstić information content (AvgIpc) is 3.69. The highest BCUT2D eigenvalue weighted by Crippen LogP contribution is 2.39. The van der Waals surface area contributed by atoms with E-state index in [0.717, 1.165) is 35.7 Å². The maximum atomic E-state index is 13.5. The Hall–Kier alpha value is -4.21. The molecular weight excluding hydrogens is 487 g/mol. The Morgan fingerprint density at radius 3 is 2.32 bits per heavy atom. The molecule has 0 aliphatic heterocycles. The van der Waals surface area contributed by atoms with Crippen molar-refractivity contribution in [1.29, 1.82) is 0 Å². The summed E-state index contributed by atoms with van der Waals surface area (Å²) in [5.41, 5.74) is 1.08. The molecule has 192 valence electrons. The SMILES string of the molecule is CCc1cc(NC(=O)O)c(NC(=O)CC(=O)c2cccc(-c3ccc(C4CC4)nc3)c2)cc1C(F)(F)F. The van der Waals surface area contributed by atoms with Gasteiger partial charge in [-0.2, -0.15) is 13.2 Å². The third-order valence-corrected chi connectivity index (χ3v) is 6.07. The fourth-order valence-electron chi connectivity index (χ4n) is 4.03. The smallest absolute Gasteiger partial charge is 0.416 e. The summed E-state index contributed by atoms with van der Waals surface area (Å²) in [4.78, 5) is 41.0. The number of nitrogens with zero attached hydrogens (tertiary/aromatic N) is 1. The molecule has 7 nitrogen and oxygen atoms in total. The quantitative estimate of drug-likeness (QED) is 0.236. The molecule has 2 amide bonds. The highest BCUT2D eigenvalue weighted by molar-refractivity contribution is 6.12. The van der Waals surface area contributed by atoms with Crippen molar-refractivity contribution in [3.8, 4) is 11.1 Å². The van der Waals surface area contributed by atoms with Crippen LogP contribution in [0.2, 0.25) is 0 Å². The third-order valence-electron chi connectivity index (χ3n) is 6.07.